The third-order valence-electron chi connectivity index (χ3n) is 3.49. The van der Waals surface area contributed by atoms with E-state index >= 15 is 0 Å². The molecule has 132 valence electrons. The zero-order valence-electron chi connectivity index (χ0n) is 13.7. The first-order chi connectivity index (χ1) is 12.6. The normalized spacial score (nSPS) is 12.0. The Hall–Kier alpha value is -2.83. The van der Waals surface area contributed by atoms with Gasteiger partial charge in [0.15, 0.2) is 0 Å². The Kier molecular flexibility index (Phi) is 5.55. The van der Waals surface area contributed by atoms with E-state index in [1.165, 1.54) is 29.7 Å². The predicted molar refractivity (Wildman–Crippen MR) is 106 cm³/mol. The van der Waals surface area contributed by atoms with Crippen LogP contribution in [0.4, 0.5) is 0 Å². The second-order valence-corrected chi connectivity index (χ2v) is 6.62. The van der Waals surface area contributed by atoms with Crippen LogP contribution in [0.2, 0.25) is 5.02 Å². The number of thiazole rings is 1. The van der Waals surface area contributed by atoms with Gasteiger partial charge in [0.2, 0.25) is 4.80 Å². The monoisotopic (exact) mass is 385 g/mol. The van der Waals surface area contributed by atoms with Gasteiger partial charge in [-0.2, -0.15) is 5.10 Å². The predicted octanol–water partition coefficient (Wildman–Crippen LogP) is 4.25. The summed E-state index contributed by atoms with van der Waals surface area (Å²) >= 11 is 7.56. The Morgan fingerprint density at radius 2 is 2.04 bits per heavy atom. The number of rotatable bonds is 5. The quantitative estimate of drug-likeness (QED) is 0.509. The number of phenols is 2. The lowest BCUT2D eigenvalue weighted by Crippen LogP contribution is -2.12. The van der Waals surface area contributed by atoms with E-state index in [-0.39, 0.29) is 11.5 Å². The fourth-order valence-electron chi connectivity index (χ4n) is 2.27. The molecule has 0 fully saturated rings. The second kappa shape index (κ2) is 8.03. The average molecular weight is 386 g/mol. The highest BCUT2D eigenvalue weighted by Crippen LogP contribution is 2.24. The van der Waals surface area contributed by atoms with Gasteiger partial charge in [-0.1, -0.05) is 29.8 Å². The van der Waals surface area contributed by atoms with E-state index < -0.39 is 0 Å². The van der Waals surface area contributed by atoms with Crippen LogP contribution in [0, 0.1) is 0 Å². The molecule has 7 heteroatoms. The number of benzene rings is 2. The first-order valence-corrected chi connectivity index (χ1v) is 8.98. The van der Waals surface area contributed by atoms with Gasteiger partial charge in [0.05, 0.1) is 18.5 Å². The average Bonchev–Trinajstić information content (AvgIpc) is 3.02. The van der Waals surface area contributed by atoms with Crippen molar-refractivity contribution in [3.63, 3.8) is 0 Å². The number of hydrogen-bond acceptors (Lipinski definition) is 5. The molecular formula is C19H16ClN3O2S. The van der Waals surface area contributed by atoms with Crippen LogP contribution in [0.15, 0.2) is 70.6 Å². The molecule has 0 aliphatic rings. The molecule has 2 N–H and O–H groups in total. The van der Waals surface area contributed by atoms with Crippen molar-refractivity contribution in [2.24, 2.45) is 10.1 Å². The van der Waals surface area contributed by atoms with Crippen molar-refractivity contribution in [1.82, 2.24) is 4.68 Å². The van der Waals surface area contributed by atoms with Crippen LogP contribution in [-0.4, -0.2) is 27.6 Å². The fourth-order valence-corrected chi connectivity index (χ4v) is 3.31. The van der Waals surface area contributed by atoms with Gasteiger partial charge < -0.3 is 10.2 Å². The summed E-state index contributed by atoms with van der Waals surface area (Å²) in [5.41, 5.74) is 2.21. The molecule has 0 radical (unpaired) electrons. The molecule has 0 spiro atoms. The highest BCUT2D eigenvalue weighted by molar-refractivity contribution is 7.07. The van der Waals surface area contributed by atoms with Gasteiger partial charge in [-0.3, -0.25) is 4.99 Å². The van der Waals surface area contributed by atoms with Crippen LogP contribution in [0.5, 0.6) is 11.5 Å². The standard InChI is InChI=1S/C19H16ClN3O2S/c1-2-8-21-19-23(22-11-14-6-7-16(24)10-18(14)25)17(12-26-19)13-4-3-5-15(20)9-13/h2-7,9-12,24-25H,1,8H2. The molecule has 0 aliphatic heterocycles. The summed E-state index contributed by atoms with van der Waals surface area (Å²) in [6.07, 6.45) is 3.22. The largest absolute Gasteiger partial charge is 0.508 e. The molecular weight excluding hydrogens is 370 g/mol. The van der Waals surface area contributed by atoms with Gasteiger partial charge in [0.1, 0.15) is 11.5 Å². The number of aromatic nitrogens is 1. The molecule has 1 aromatic heterocycles. The zero-order valence-corrected chi connectivity index (χ0v) is 15.3. The lowest BCUT2D eigenvalue weighted by molar-refractivity contribution is 0.450. The van der Waals surface area contributed by atoms with Crippen LogP contribution < -0.4 is 4.80 Å². The molecule has 0 bridgehead atoms. The van der Waals surface area contributed by atoms with E-state index in [0.717, 1.165) is 11.3 Å². The molecule has 3 rings (SSSR count). The Morgan fingerprint density at radius 3 is 2.77 bits per heavy atom. The number of phenolic OH excluding ortho intramolecular Hbond substituents is 2. The Labute approximate surface area is 159 Å². The van der Waals surface area contributed by atoms with Crippen molar-refractivity contribution in [3.8, 4) is 22.8 Å². The summed E-state index contributed by atoms with van der Waals surface area (Å²) in [6.45, 7) is 4.15. The van der Waals surface area contributed by atoms with Gasteiger partial charge in [0, 0.05) is 27.6 Å². The Morgan fingerprint density at radius 1 is 1.19 bits per heavy atom. The minimum Gasteiger partial charge on any atom is -0.508 e. The first-order valence-electron chi connectivity index (χ1n) is 7.72. The summed E-state index contributed by atoms with van der Waals surface area (Å²) in [7, 11) is 0. The van der Waals surface area contributed by atoms with E-state index in [9.17, 15) is 10.2 Å². The van der Waals surface area contributed by atoms with Gasteiger partial charge in [0.25, 0.3) is 0 Å². The third-order valence-corrected chi connectivity index (χ3v) is 4.58. The maximum Gasteiger partial charge on any atom is 0.206 e. The molecule has 0 atom stereocenters. The van der Waals surface area contributed by atoms with Crippen molar-refractivity contribution >= 4 is 29.2 Å². The summed E-state index contributed by atoms with van der Waals surface area (Å²) in [4.78, 5) is 5.15. The van der Waals surface area contributed by atoms with Crippen LogP contribution in [-0.2, 0) is 0 Å². The summed E-state index contributed by atoms with van der Waals surface area (Å²) in [5.74, 6) is -0.0670. The molecule has 0 aliphatic carbocycles. The zero-order chi connectivity index (χ0) is 18.5. The van der Waals surface area contributed by atoms with Crippen molar-refractivity contribution < 1.29 is 10.2 Å². The minimum absolute atomic E-state index is 0.0101. The molecule has 2 aromatic carbocycles. The van der Waals surface area contributed by atoms with E-state index in [2.05, 4.69) is 16.7 Å². The van der Waals surface area contributed by atoms with Crippen LogP contribution >= 0.6 is 22.9 Å². The number of halogens is 1. The Bertz CT molecular complexity index is 1040. The maximum atomic E-state index is 9.94. The molecule has 1 heterocycles. The number of aromatic hydroxyl groups is 2. The van der Waals surface area contributed by atoms with Gasteiger partial charge in [-0.15, -0.1) is 17.9 Å². The molecule has 0 saturated heterocycles. The lowest BCUT2D eigenvalue weighted by atomic mass is 10.2. The smallest absolute Gasteiger partial charge is 0.206 e. The first kappa shape index (κ1) is 18.0. The highest BCUT2D eigenvalue weighted by Gasteiger charge is 2.08. The van der Waals surface area contributed by atoms with Crippen LogP contribution in [0.25, 0.3) is 11.3 Å². The van der Waals surface area contributed by atoms with Crippen molar-refractivity contribution in [2.75, 3.05) is 6.54 Å². The molecule has 0 saturated carbocycles. The molecule has 0 unspecified atom stereocenters. The number of hydrogen-bond donors (Lipinski definition) is 2. The van der Waals surface area contributed by atoms with E-state index in [0.29, 0.717) is 21.9 Å². The lowest BCUT2D eigenvalue weighted by Gasteiger charge is -2.05. The molecule has 5 nitrogen and oxygen atoms in total. The van der Waals surface area contributed by atoms with Gasteiger partial charge in [-0.25, -0.2) is 4.68 Å². The minimum atomic E-state index is -0.0570. The molecule has 0 amide bonds. The van der Waals surface area contributed by atoms with Crippen molar-refractivity contribution in [2.45, 2.75) is 0 Å². The summed E-state index contributed by atoms with van der Waals surface area (Å²) in [5, 5.41) is 26.4. The fraction of sp³-hybridized carbons (Fsp3) is 0.0526. The molecule has 3 aromatic rings. The van der Waals surface area contributed by atoms with Crippen molar-refractivity contribution in [1.29, 1.82) is 0 Å². The Balaban J connectivity index is 2.10. The highest BCUT2D eigenvalue weighted by atomic mass is 35.5. The maximum absolute atomic E-state index is 9.94. The topological polar surface area (TPSA) is 70.1 Å². The number of nitrogens with zero attached hydrogens (tertiary/aromatic N) is 3. The van der Waals surface area contributed by atoms with Crippen molar-refractivity contribution in [3.05, 3.63) is 75.9 Å². The molecule has 26 heavy (non-hydrogen) atoms. The summed E-state index contributed by atoms with van der Waals surface area (Å²) < 4.78 is 1.69. The van der Waals surface area contributed by atoms with E-state index in [4.69, 9.17) is 11.6 Å². The van der Waals surface area contributed by atoms with Gasteiger partial charge in [-0.05, 0) is 24.3 Å². The second-order valence-electron chi connectivity index (χ2n) is 5.34. The van der Waals surface area contributed by atoms with E-state index in [1.54, 1.807) is 16.8 Å². The van der Waals surface area contributed by atoms with E-state index in [1.807, 2.05) is 29.6 Å². The summed E-state index contributed by atoms with van der Waals surface area (Å²) in [6, 6.07) is 11.8. The van der Waals surface area contributed by atoms with Gasteiger partial charge >= 0.3 is 0 Å². The third kappa shape index (κ3) is 4.04. The van der Waals surface area contributed by atoms with Crippen LogP contribution in [0.1, 0.15) is 5.56 Å². The van der Waals surface area contributed by atoms with Crippen LogP contribution in [0.3, 0.4) is 0 Å². The SMILES string of the molecule is C=CCN=c1scc(-c2cccc(Cl)c2)n1N=Cc1ccc(O)cc1O.